The predicted molar refractivity (Wildman–Crippen MR) is 161 cm³/mol. The third kappa shape index (κ3) is 8.21. The van der Waals surface area contributed by atoms with Gasteiger partial charge in [-0.25, -0.2) is 12.8 Å². The van der Waals surface area contributed by atoms with E-state index in [-0.39, 0.29) is 45.5 Å². The number of amides is 2. The molecule has 0 unspecified atom stereocenters. The molecule has 0 aliphatic carbocycles. The highest BCUT2D eigenvalue weighted by Gasteiger charge is 2.34. The van der Waals surface area contributed by atoms with E-state index in [4.69, 9.17) is 23.2 Å². The second-order valence-corrected chi connectivity index (χ2v) is 12.5. The molecule has 0 aromatic heterocycles. The maximum Gasteiger partial charge on any atom is 0.264 e. The number of anilines is 1. The second kappa shape index (κ2) is 14.2. The molecule has 0 bridgehead atoms. The van der Waals surface area contributed by atoms with Crippen molar-refractivity contribution < 1.29 is 22.4 Å². The largest absolute Gasteiger partial charge is 0.352 e. The van der Waals surface area contributed by atoms with Crippen molar-refractivity contribution in [2.24, 2.45) is 0 Å². The molecule has 2 amide bonds. The topological polar surface area (TPSA) is 86.8 Å². The molecular formula is C30H34Cl2FN3O4S. The first-order valence-corrected chi connectivity index (χ1v) is 15.5. The normalized spacial score (nSPS) is 12.9. The van der Waals surface area contributed by atoms with Gasteiger partial charge in [0.2, 0.25) is 11.8 Å². The fourth-order valence-electron chi connectivity index (χ4n) is 4.17. The Kier molecular flexibility index (Phi) is 11.2. The van der Waals surface area contributed by atoms with Crippen LogP contribution in [-0.2, 0) is 26.2 Å². The number of carbonyl (C=O) groups is 2. The Morgan fingerprint density at radius 1 is 0.951 bits per heavy atom. The van der Waals surface area contributed by atoms with Crippen LogP contribution in [0.15, 0.2) is 71.6 Å². The van der Waals surface area contributed by atoms with Crippen molar-refractivity contribution in [3.8, 4) is 0 Å². The zero-order valence-electron chi connectivity index (χ0n) is 23.4. The molecule has 3 aromatic carbocycles. The van der Waals surface area contributed by atoms with Crippen molar-refractivity contribution in [1.29, 1.82) is 0 Å². The summed E-state index contributed by atoms with van der Waals surface area (Å²) in [6.45, 7) is 6.66. The monoisotopic (exact) mass is 621 g/mol. The van der Waals surface area contributed by atoms with E-state index in [2.05, 4.69) is 5.32 Å². The van der Waals surface area contributed by atoms with Crippen LogP contribution in [-0.4, -0.2) is 43.8 Å². The van der Waals surface area contributed by atoms with Crippen molar-refractivity contribution in [1.82, 2.24) is 10.2 Å². The average molecular weight is 623 g/mol. The quantitative estimate of drug-likeness (QED) is 0.255. The summed E-state index contributed by atoms with van der Waals surface area (Å²) in [6, 6.07) is 15.0. The molecule has 3 aromatic rings. The summed E-state index contributed by atoms with van der Waals surface area (Å²) < 4.78 is 42.4. The van der Waals surface area contributed by atoms with Crippen LogP contribution in [0.5, 0.6) is 0 Å². The maximum atomic E-state index is 14.1. The molecule has 1 N–H and O–H groups in total. The number of aryl methyl sites for hydroxylation is 1. The fourth-order valence-corrected chi connectivity index (χ4v) is 6.04. The second-order valence-electron chi connectivity index (χ2n) is 9.81. The number of rotatable bonds is 12. The molecule has 0 aliphatic heterocycles. The number of hydrogen-bond donors (Lipinski definition) is 1. The third-order valence-electron chi connectivity index (χ3n) is 6.72. The van der Waals surface area contributed by atoms with E-state index in [0.717, 1.165) is 9.87 Å². The van der Waals surface area contributed by atoms with Gasteiger partial charge in [-0.05, 0) is 74.7 Å². The Morgan fingerprint density at radius 2 is 1.59 bits per heavy atom. The van der Waals surface area contributed by atoms with Crippen molar-refractivity contribution in [2.75, 3.05) is 10.8 Å². The van der Waals surface area contributed by atoms with Crippen LogP contribution in [0.1, 0.15) is 44.7 Å². The van der Waals surface area contributed by atoms with Crippen LogP contribution in [0.3, 0.4) is 0 Å². The van der Waals surface area contributed by atoms with Crippen molar-refractivity contribution in [2.45, 2.75) is 64.1 Å². The molecule has 0 saturated heterocycles. The summed E-state index contributed by atoms with van der Waals surface area (Å²) in [6.07, 6.45) is 0.946. The molecule has 0 saturated carbocycles. The Balaban J connectivity index is 2.10. The molecule has 0 aliphatic rings. The van der Waals surface area contributed by atoms with Gasteiger partial charge in [-0.1, -0.05) is 66.9 Å². The van der Waals surface area contributed by atoms with Crippen molar-refractivity contribution in [3.63, 3.8) is 0 Å². The molecule has 0 spiro atoms. The Morgan fingerprint density at radius 3 is 2.17 bits per heavy atom. The molecule has 7 nitrogen and oxygen atoms in total. The van der Waals surface area contributed by atoms with E-state index in [0.29, 0.717) is 12.0 Å². The summed E-state index contributed by atoms with van der Waals surface area (Å²) in [5.74, 6) is -1.46. The van der Waals surface area contributed by atoms with Gasteiger partial charge in [0.25, 0.3) is 10.0 Å². The maximum absolute atomic E-state index is 14.1. The molecule has 2 atom stereocenters. The Hall–Kier alpha value is -3.14. The van der Waals surface area contributed by atoms with Gasteiger partial charge in [-0.2, -0.15) is 0 Å². The number of sulfonamides is 1. The molecule has 0 radical (unpaired) electrons. The van der Waals surface area contributed by atoms with Crippen LogP contribution in [0.4, 0.5) is 10.1 Å². The van der Waals surface area contributed by atoms with E-state index < -0.39 is 34.3 Å². The van der Waals surface area contributed by atoms with Gasteiger partial charge in [0.15, 0.2) is 0 Å². The number of hydrogen-bond acceptors (Lipinski definition) is 4. The molecule has 0 fully saturated rings. The zero-order chi connectivity index (χ0) is 30.3. The number of carbonyl (C=O) groups excluding carboxylic acids is 2. The minimum atomic E-state index is -4.30. The third-order valence-corrected chi connectivity index (χ3v) is 9.05. The van der Waals surface area contributed by atoms with E-state index >= 15 is 0 Å². The van der Waals surface area contributed by atoms with Gasteiger partial charge in [0.1, 0.15) is 18.4 Å². The van der Waals surface area contributed by atoms with Crippen LogP contribution < -0.4 is 9.62 Å². The molecule has 3 rings (SSSR count). The number of nitrogens with one attached hydrogen (secondary N) is 1. The summed E-state index contributed by atoms with van der Waals surface area (Å²) >= 11 is 12.7. The predicted octanol–water partition coefficient (Wildman–Crippen LogP) is 6.36. The van der Waals surface area contributed by atoms with Gasteiger partial charge < -0.3 is 10.2 Å². The van der Waals surface area contributed by atoms with Gasteiger partial charge in [0, 0.05) is 17.6 Å². The minimum absolute atomic E-state index is 0.0203. The van der Waals surface area contributed by atoms with E-state index in [1.165, 1.54) is 59.5 Å². The molecular weight excluding hydrogens is 588 g/mol. The van der Waals surface area contributed by atoms with Gasteiger partial charge >= 0.3 is 0 Å². The van der Waals surface area contributed by atoms with Crippen LogP contribution in [0.2, 0.25) is 10.0 Å². The first-order chi connectivity index (χ1) is 19.4. The zero-order valence-corrected chi connectivity index (χ0v) is 25.7. The van der Waals surface area contributed by atoms with E-state index in [9.17, 15) is 22.4 Å². The number of halogens is 3. The van der Waals surface area contributed by atoms with Crippen LogP contribution in [0.25, 0.3) is 0 Å². The average Bonchev–Trinajstić information content (AvgIpc) is 2.94. The smallest absolute Gasteiger partial charge is 0.264 e. The van der Waals surface area contributed by atoms with Gasteiger partial charge in [-0.3, -0.25) is 13.9 Å². The lowest BCUT2D eigenvalue weighted by molar-refractivity contribution is -0.140. The highest BCUT2D eigenvalue weighted by Crippen LogP contribution is 2.33. The standard InChI is InChI=1S/C30H34Cl2FN3O4S/c1-5-21(4)34-30(38)27(6-2)35(18-22-9-12-24(33)13-10-22)29(37)19-36(28-17-23(31)11-16-26(28)32)41(39,40)25-14-7-20(3)8-15-25/h7-17,21,27H,5-6,18-19H2,1-4H3,(H,34,38)/t21-,27+/m0/s1. The minimum Gasteiger partial charge on any atom is -0.352 e. The summed E-state index contributed by atoms with van der Waals surface area (Å²) in [5.41, 5.74) is 1.45. The molecule has 11 heteroatoms. The van der Waals surface area contributed by atoms with Crippen LogP contribution in [0, 0.1) is 12.7 Å². The van der Waals surface area contributed by atoms with E-state index in [1.807, 2.05) is 20.8 Å². The summed E-state index contributed by atoms with van der Waals surface area (Å²) in [7, 11) is -4.30. The highest BCUT2D eigenvalue weighted by atomic mass is 35.5. The van der Waals surface area contributed by atoms with Crippen LogP contribution >= 0.6 is 23.2 Å². The number of benzene rings is 3. The van der Waals surface area contributed by atoms with E-state index in [1.54, 1.807) is 19.1 Å². The SMILES string of the molecule is CC[C@H](C(=O)N[C@@H](C)CC)N(Cc1ccc(F)cc1)C(=O)CN(c1cc(Cl)ccc1Cl)S(=O)(=O)c1ccc(C)cc1. The lowest BCUT2D eigenvalue weighted by Crippen LogP contribution is -2.53. The lowest BCUT2D eigenvalue weighted by Gasteiger charge is -2.34. The fraction of sp³-hybridized carbons (Fsp3) is 0.333. The molecule has 220 valence electrons. The summed E-state index contributed by atoms with van der Waals surface area (Å²) in [4.78, 5) is 28.7. The number of nitrogens with zero attached hydrogens (tertiary/aromatic N) is 2. The molecule has 0 heterocycles. The van der Waals surface area contributed by atoms with Gasteiger partial charge in [0.05, 0.1) is 15.6 Å². The Labute approximate surface area is 251 Å². The first-order valence-electron chi connectivity index (χ1n) is 13.3. The highest BCUT2D eigenvalue weighted by molar-refractivity contribution is 7.92. The van der Waals surface area contributed by atoms with Crippen molar-refractivity contribution in [3.05, 3.63) is 93.7 Å². The van der Waals surface area contributed by atoms with Crippen molar-refractivity contribution >= 4 is 50.7 Å². The van der Waals surface area contributed by atoms with Gasteiger partial charge in [-0.15, -0.1) is 0 Å². The summed E-state index contributed by atoms with van der Waals surface area (Å²) in [5, 5.41) is 3.21. The first kappa shape index (κ1) is 32.4. The Bertz CT molecular complexity index is 1470. The lowest BCUT2D eigenvalue weighted by atomic mass is 10.1. The molecule has 41 heavy (non-hydrogen) atoms.